The van der Waals surface area contributed by atoms with Crippen LogP contribution in [0.5, 0.6) is 0 Å². The van der Waals surface area contributed by atoms with Crippen molar-refractivity contribution in [1.82, 2.24) is 4.90 Å². The summed E-state index contributed by atoms with van der Waals surface area (Å²) >= 11 is 3.38. The van der Waals surface area contributed by atoms with Gasteiger partial charge in [0.1, 0.15) is 0 Å². The van der Waals surface area contributed by atoms with Crippen LogP contribution >= 0.6 is 15.9 Å². The van der Waals surface area contributed by atoms with Crippen molar-refractivity contribution >= 4 is 27.6 Å². The molecule has 3 nitrogen and oxygen atoms in total. The van der Waals surface area contributed by atoms with E-state index in [9.17, 15) is 9.59 Å². The lowest BCUT2D eigenvalue weighted by Crippen LogP contribution is -2.42. The number of carbonyl (C=O) groups excluding carboxylic acids is 2. The number of ketones is 1. The van der Waals surface area contributed by atoms with Gasteiger partial charge in [-0.15, -0.1) is 0 Å². The molecule has 1 amide bonds. The molecule has 0 aliphatic carbocycles. The van der Waals surface area contributed by atoms with E-state index in [2.05, 4.69) is 15.9 Å². The summed E-state index contributed by atoms with van der Waals surface area (Å²) < 4.78 is 0.875. The Morgan fingerprint density at radius 3 is 2.61 bits per heavy atom. The molecule has 0 saturated carbocycles. The Kier molecular flexibility index (Phi) is 3.32. The van der Waals surface area contributed by atoms with E-state index >= 15 is 0 Å². The summed E-state index contributed by atoms with van der Waals surface area (Å²) in [6.07, 6.45) is 0.436. The van der Waals surface area contributed by atoms with E-state index in [0.29, 0.717) is 12.0 Å². The van der Waals surface area contributed by atoms with Gasteiger partial charge < -0.3 is 4.90 Å². The number of hydrogen-bond acceptors (Lipinski definition) is 2. The molecule has 18 heavy (non-hydrogen) atoms. The first kappa shape index (κ1) is 13.3. The van der Waals surface area contributed by atoms with Crippen molar-refractivity contribution in [3.63, 3.8) is 0 Å². The number of halogens is 1. The first-order chi connectivity index (χ1) is 8.31. The minimum atomic E-state index is -0.386. The van der Waals surface area contributed by atoms with Crippen LogP contribution in [-0.4, -0.2) is 28.7 Å². The Labute approximate surface area is 115 Å². The lowest BCUT2D eigenvalue weighted by molar-refractivity contribution is -0.116. The Morgan fingerprint density at radius 1 is 1.39 bits per heavy atom. The molecule has 0 unspecified atom stereocenters. The second-order valence-electron chi connectivity index (χ2n) is 5.38. The molecule has 1 aliphatic rings. The van der Waals surface area contributed by atoms with Gasteiger partial charge in [0.2, 0.25) is 0 Å². The molecule has 1 fully saturated rings. The topological polar surface area (TPSA) is 37.4 Å². The third-order valence-electron chi connectivity index (χ3n) is 3.37. The number of amides is 1. The zero-order valence-electron chi connectivity index (χ0n) is 10.8. The summed E-state index contributed by atoms with van der Waals surface area (Å²) in [6.45, 7) is 5.99. The number of carbonyl (C=O) groups is 2. The number of aryl methyl sites for hydroxylation is 1. The van der Waals surface area contributed by atoms with Gasteiger partial charge in [0.15, 0.2) is 5.78 Å². The number of rotatable bonds is 1. The fourth-order valence-electron chi connectivity index (χ4n) is 2.34. The highest BCUT2D eigenvalue weighted by Crippen LogP contribution is 2.29. The number of likely N-dealkylation sites (tertiary alicyclic amines) is 1. The predicted octanol–water partition coefficient (Wildman–Crippen LogP) is 2.95. The number of benzene rings is 1. The summed E-state index contributed by atoms with van der Waals surface area (Å²) in [7, 11) is 0. The Bertz CT molecular complexity index is 523. The van der Waals surface area contributed by atoms with Crippen LogP contribution in [0.15, 0.2) is 22.7 Å². The highest BCUT2D eigenvalue weighted by molar-refractivity contribution is 9.10. The maximum Gasteiger partial charge on any atom is 0.255 e. The molecular formula is C14H16BrNO2. The summed E-state index contributed by atoms with van der Waals surface area (Å²) in [4.78, 5) is 25.8. The van der Waals surface area contributed by atoms with Crippen molar-refractivity contribution in [1.29, 1.82) is 0 Å². The molecule has 0 N–H and O–H groups in total. The minimum Gasteiger partial charge on any atom is -0.326 e. The molecule has 1 heterocycles. The van der Waals surface area contributed by atoms with Crippen LogP contribution in [-0.2, 0) is 4.79 Å². The number of nitrogens with zero attached hydrogens (tertiary/aromatic N) is 1. The van der Waals surface area contributed by atoms with E-state index in [1.165, 1.54) is 0 Å². The number of hydrogen-bond donors (Lipinski definition) is 0. The maximum absolute atomic E-state index is 12.5. The van der Waals surface area contributed by atoms with E-state index in [-0.39, 0.29) is 23.8 Å². The second-order valence-corrected chi connectivity index (χ2v) is 6.29. The highest BCUT2D eigenvalue weighted by Gasteiger charge is 2.40. The SMILES string of the molecule is Cc1ccc(Br)cc1C(=O)N1CC(=O)CC1(C)C. The van der Waals surface area contributed by atoms with Crippen molar-refractivity contribution in [3.8, 4) is 0 Å². The molecule has 4 heteroatoms. The third-order valence-corrected chi connectivity index (χ3v) is 3.86. The number of Topliss-reactive ketones (excluding diaryl/α,β-unsaturated/α-hetero) is 1. The van der Waals surface area contributed by atoms with Crippen molar-refractivity contribution in [3.05, 3.63) is 33.8 Å². The Hall–Kier alpha value is -1.16. The Balaban J connectivity index is 2.37. The molecule has 1 aromatic carbocycles. The van der Waals surface area contributed by atoms with Gasteiger partial charge in [0.05, 0.1) is 6.54 Å². The van der Waals surface area contributed by atoms with Crippen LogP contribution in [0.2, 0.25) is 0 Å². The van der Waals surface area contributed by atoms with E-state index < -0.39 is 0 Å². The first-order valence-corrected chi connectivity index (χ1v) is 6.70. The van der Waals surface area contributed by atoms with Crippen LogP contribution in [0, 0.1) is 6.92 Å². The molecule has 2 rings (SSSR count). The van der Waals surface area contributed by atoms with E-state index in [0.717, 1.165) is 10.0 Å². The van der Waals surface area contributed by atoms with Gasteiger partial charge in [0, 0.05) is 22.0 Å². The van der Waals surface area contributed by atoms with Crippen LogP contribution in [0.3, 0.4) is 0 Å². The van der Waals surface area contributed by atoms with Gasteiger partial charge in [-0.25, -0.2) is 0 Å². The van der Waals surface area contributed by atoms with E-state index in [4.69, 9.17) is 0 Å². The van der Waals surface area contributed by atoms with Gasteiger partial charge in [-0.3, -0.25) is 9.59 Å². The molecule has 96 valence electrons. The first-order valence-electron chi connectivity index (χ1n) is 5.91. The van der Waals surface area contributed by atoms with Crippen molar-refractivity contribution in [2.75, 3.05) is 6.54 Å². The quantitative estimate of drug-likeness (QED) is 0.800. The Morgan fingerprint density at radius 2 is 2.06 bits per heavy atom. The molecule has 1 aromatic rings. The van der Waals surface area contributed by atoms with Crippen LogP contribution < -0.4 is 0 Å². The molecule has 0 radical (unpaired) electrons. The van der Waals surface area contributed by atoms with Crippen LogP contribution in [0.1, 0.15) is 36.2 Å². The molecule has 1 aliphatic heterocycles. The van der Waals surface area contributed by atoms with E-state index in [1.54, 1.807) is 4.90 Å². The van der Waals surface area contributed by atoms with Gasteiger partial charge in [-0.1, -0.05) is 22.0 Å². The van der Waals surface area contributed by atoms with Gasteiger partial charge in [-0.2, -0.15) is 0 Å². The molecular weight excluding hydrogens is 294 g/mol. The highest BCUT2D eigenvalue weighted by atomic mass is 79.9. The van der Waals surface area contributed by atoms with Crippen molar-refractivity contribution in [2.45, 2.75) is 32.7 Å². The lowest BCUT2D eigenvalue weighted by atomic mass is 10.00. The van der Waals surface area contributed by atoms with Gasteiger partial charge >= 0.3 is 0 Å². The van der Waals surface area contributed by atoms with Crippen LogP contribution in [0.4, 0.5) is 0 Å². The fourth-order valence-corrected chi connectivity index (χ4v) is 2.70. The molecule has 0 atom stereocenters. The average Bonchev–Trinajstić information content (AvgIpc) is 2.54. The van der Waals surface area contributed by atoms with E-state index in [1.807, 2.05) is 39.0 Å². The smallest absolute Gasteiger partial charge is 0.255 e. The fraction of sp³-hybridized carbons (Fsp3) is 0.429. The summed E-state index contributed by atoms with van der Waals surface area (Å²) in [5.41, 5.74) is 1.20. The van der Waals surface area contributed by atoms with Crippen molar-refractivity contribution < 1.29 is 9.59 Å². The zero-order chi connectivity index (χ0) is 13.5. The summed E-state index contributed by atoms with van der Waals surface area (Å²) in [5, 5.41) is 0. The summed E-state index contributed by atoms with van der Waals surface area (Å²) in [5.74, 6) is 0.0608. The molecule has 1 saturated heterocycles. The molecule has 0 aromatic heterocycles. The minimum absolute atomic E-state index is 0.0651. The van der Waals surface area contributed by atoms with Gasteiger partial charge in [0.25, 0.3) is 5.91 Å². The predicted molar refractivity (Wildman–Crippen MR) is 73.6 cm³/mol. The third kappa shape index (κ3) is 2.34. The summed E-state index contributed by atoms with van der Waals surface area (Å²) in [6, 6.07) is 5.63. The van der Waals surface area contributed by atoms with Gasteiger partial charge in [-0.05, 0) is 38.5 Å². The molecule has 0 spiro atoms. The van der Waals surface area contributed by atoms with Crippen molar-refractivity contribution in [2.24, 2.45) is 0 Å². The molecule has 0 bridgehead atoms. The monoisotopic (exact) mass is 309 g/mol. The largest absolute Gasteiger partial charge is 0.326 e. The lowest BCUT2D eigenvalue weighted by Gasteiger charge is -2.31. The average molecular weight is 310 g/mol. The second kappa shape index (κ2) is 4.50. The zero-order valence-corrected chi connectivity index (χ0v) is 12.4. The maximum atomic E-state index is 12.5. The standard InChI is InChI=1S/C14H16BrNO2/c1-9-4-5-10(15)6-12(9)13(18)16-8-11(17)7-14(16,2)3/h4-6H,7-8H2,1-3H3. The normalized spacial score (nSPS) is 18.2. The van der Waals surface area contributed by atoms with Crippen LogP contribution in [0.25, 0.3) is 0 Å².